The zero-order valence-corrected chi connectivity index (χ0v) is 10.5. The molecule has 0 aromatic carbocycles. The van der Waals surface area contributed by atoms with Crippen LogP contribution in [0.5, 0.6) is 0 Å². The molecule has 0 aliphatic carbocycles. The van der Waals surface area contributed by atoms with Crippen LogP contribution < -0.4 is 5.32 Å². The molecule has 0 bridgehead atoms. The fourth-order valence-corrected chi connectivity index (χ4v) is 1.63. The van der Waals surface area contributed by atoms with Crippen molar-refractivity contribution in [2.24, 2.45) is 0 Å². The van der Waals surface area contributed by atoms with Gasteiger partial charge in [-0.2, -0.15) is 5.10 Å². The van der Waals surface area contributed by atoms with Gasteiger partial charge in [-0.25, -0.2) is 0 Å². The van der Waals surface area contributed by atoms with Crippen molar-refractivity contribution >= 4 is 0 Å². The molecule has 2 N–H and O–H groups in total. The quantitative estimate of drug-likeness (QED) is 0.743. The van der Waals surface area contributed by atoms with Crippen molar-refractivity contribution in [1.82, 2.24) is 15.1 Å². The number of nitrogens with one attached hydrogen (secondary N) is 1. The van der Waals surface area contributed by atoms with Crippen LogP contribution in [0.25, 0.3) is 0 Å². The summed E-state index contributed by atoms with van der Waals surface area (Å²) in [5.74, 6) is 0. The molecule has 0 fully saturated rings. The molecule has 92 valence electrons. The van der Waals surface area contributed by atoms with Gasteiger partial charge in [0.1, 0.15) is 0 Å². The van der Waals surface area contributed by atoms with Gasteiger partial charge in [0, 0.05) is 24.3 Å². The van der Waals surface area contributed by atoms with E-state index in [2.05, 4.69) is 31.2 Å². The number of nitrogens with zero attached hydrogens (tertiary/aromatic N) is 2. The highest BCUT2D eigenvalue weighted by atomic mass is 16.3. The second-order valence-electron chi connectivity index (χ2n) is 4.25. The largest absolute Gasteiger partial charge is 0.394 e. The summed E-state index contributed by atoms with van der Waals surface area (Å²) in [6, 6.07) is 0.409. The van der Waals surface area contributed by atoms with E-state index in [0.29, 0.717) is 6.04 Å². The van der Waals surface area contributed by atoms with E-state index in [0.717, 1.165) is 24.9 Å². The summed E-state index contributed by atoms with van der Waals surface area (Å²) in [6.07, 6.45) is 5.98. The van der Waals surface area contributed by atoms with Crippen LogP contribution in [0.3, 0.4) is 0 Å². The molecule has 0 saturated carbocycles. The van der Waals surface area contributed by atoms with Gasteiger partial charge in [0.05, 0.1) is 18.8 Å². The number of aromatic nitrogens is 2. The van der Waals surface area contributed by atoms with Gasteiger partial charge in [-0.05, 0) is 19.8 Å². The number of hydrogen-bond donors (Lipinski definition) is 2. The van der Waals surface area contributed by atoms with E-state index in [9.17, 15) is 5.11 Å². The van der Waals surface area contributed by atoms with E-state index in [1.165, 1.54) is 0 Å². The van der Waals surface area contributed by atoms with E-state index in [1.54, 1.807) is 0 Å². The first-order valence-electron chi connectivity index (χ1n) is 6.10. The standard InChI is InChI=1S/C12H23N3O/c1-4-6-15-8-11(7-13-15)12(9-16)14-10(3)5-2/h7-8,10,12,14,16H,4-6,9H2,1-3H3. The lowest BCUT2D eigenvalue weighted by molar-refractivity contribution is 0.234. The molecular formula is C12H23N3O. The van der Waals surface area contributed by atoms with E-state index in [4.69, 9.17) is 0 Å². The lowest BCUT2D eigenvalue weighted by Crippen LogP contribution is -2.31. The summed E-state index contributed by atoms with van der Waals surface area (Å²) in [4.78, 5) is 0. The first-order valence-corrected chi connectivity index (χ1v) is 6.10. The molecule has 0 amide bonds. The van der Waals surface area contributed by atoms with Crippen LogP contribution in [-0.2, 0) is 6.54 Å². The molecule has 1 aromatic heterocycles. The van der Waals surface area contributed by atoms with Crippen LogP contribution in [0, 0.1) is 0 Å². The lowest BCUT2D eigenvalue weighted by Gasteiger charge is -2.19. The molecule has 0 aliphatic rings. The van der Waals surface area contributed by atoms with E-state index < -0.39 is 0 Å². The van der Waals surface area contributed by atoms with Crippen molar-refractivity contribution in [3.8, 4) is 0 Å². The monoisotopic (exact) mass is 225 g/mol. The van der Waals surface area contributed by atoms with Crippen LogP contribution in [-0.4, -0.2) is 27.5 Å². The van der Waals surface area contributed by atoms with Crippen LogP contribution in [0.4, 0.5) is 0 Å². The highest BCUT2D eigenvalue weighted by molar-refractivity contribution is 5.10. The Morgan fingerprint density at radius 2 is 2.25 bits per heavy atom. The Hall–Kier alpha value is -0.870. The van der Waals surface area contributed by atoms with Gasteiger partial charge in [0.25, 0.3) is 0 Å². The third kappa shape index (κ3) is 3.61. The molecule has 2 unspecified atom stereocenters. The SMILES string of the molecule is CCCn1cc(C(CO)NC(C)CC)cn1. The summed E-state index contributed by atoms with van der Waals surface area (Å²) < 4.78 is 1.93. The predicted octanol–water partition coefficient (Wildman–Crippen LogP) is 1.71. The van der Waals surface area contributed by atoms with Crippen LogP contribution in [0.2, 0.25) is 0 Å². The van der Waals surface area contributed by atoms with Crippen molar-refractivity contribution in [2.75, 3.05) is 6.61 Å². The summed E-state index contributed by atoms with van der Waals surface area (Å²) in [6.45, 7) is 7.43. The van der Waals surface area contributed by atoms with Crippen molar-refractivity contribution in [3.05, 3.63) is 18.0 Å². The lowest BCUT2D eigenvalue weighted by atomic mass is 10.1. The van der Waals surface area contributed by atoms with Gasteiger partial charge in [0.15, 0.2) is 0 Å². The number of aliphatic hydroxyl groups is 1. The van der Waals surface area contributed by atoms with E-state index >= 15 is 0 Å². The van der Waals surface area contributed by atoms with E-state index in [-0.39, 0.29) is 12.6 Å². The minimum Gasteiger partial charge on any atom is -0.394 e. The molecule has 4 heteroatoms. The Labute approximate surface area is 97.7 Å². The zero-order chi connectivity index (χ0) is 12.0. The van der Waals surface area contributed by atoms with E-state index in [1.807, 2.05) is 17.1 Å². The van der Waals surface area contributed by atoms with Crippen molar-refractivity contribution in [2.45, 2.75) is 52.2 Å². The van der Waals surface area contributed by atoms with Crippen LogP contribution in [0.1, 0.15) is 45.2 Å². The number of aryl methyl sites for hydroxylation is 1. The summed E-state index contributed by atoms with van der Waals surface area (Å²) in [5.41, 5.74) is 1.07. The Balaban J connectivity index is 2.63. The molecule has 1 heterocycles. The molecule has 0 saturated heterocycles. The second kappa shape index (κ2) is 6.66. The molecule has 1 rings (SSSR count). The molecule has 16 heavy (non-hydrogen) atoms. The number of rotatable bonds is 7. The second-order valence-corrected chi connectivity index (χ2v) is 4.25. The summed E-state index contributed by atoms with van der Waals surface area (Å²) in [7, 11) is 0. The fourth-order valence-electron chi connectivity index (χ4n) is 1.63. The Morgan fingerprint density at radius 1 is 1.50 bits per heavy atom. The molecule has 2 atom stereocenters. The minimum atomic E-state index is 0.000515. The topological polar surface area (TPSA) is 50.1 Å². The van der Waals surface area contributed by atoms with Crippen molar-refractivity contribution in [3.63, 3.8) is 0 Å². The normalized spacial score (nSPS) is 15.0. The molecule has 0 spiro atoms. The predicted molar refractivity (Wildman–Crippen MR) is 65.2 cm³/mol. The minimum absolute atomic E-state index is 0.000515. The summed E-state index contributed by atoms with van der Waals surface area (Å²) in [5, 5.41) is 17.0. The maximum atomic E-state index is 9.36. The average Bonchev–Trinajstić information content (AvgIpc) is 2.74. The van der Waals surface area contributed by atoms with Crippen molar-refractivity contribution < 1.29 is 5.11 Å². The number of aliphatic hydroxyl groups excluding tert-OH is 1. The molecule has 1 aromatic rings. The first-order chi connectivity index (χ1) is 7.71. The van der Waals surface area contributed by atoms with Gasteiger partial charge in [0.2, 0.25) is 0 Å². The fraction of sp³-hybridized carbons (Fsp3) is 0.750. The third-order valence-electron chi connectivity index (χ3n) is 2.79. The molecule has 0 aliphatic heterocycles. The highest BCUT2D eigenvalue weighted by Crippen LogP contribution is 2.13. The van der Waals surface area contributed by atoms with Crippen LogP contribution >= 0.6 is 0 Å². The smallest absolute Gasteiger partial charge is 0.0627 e. The van der Waals surface area contributed by atoms with Crippen LogP contribution in [0.15, 0.2) is 12.4 Å². The first kappa shape index (κ1) is 13.2. The van der Waals surface area contributed by atoms with Gasteiger partial charge in [-0.15, -0.1) is 0 Å². The highest BCUT2D eigenvalue weighted by Gasteiger charge is 2.14. The van der Waals surface area contributed by atoms with Crippen molar-refractivity contribution in [1.29, 1.82) is 0 Å². The van der Waals surface area contributed by atoms with Gasteiger partial charge >= 0.3 is 0 Å². The maximum Gasteiger partial charge on any atom is 0.0627 e. The molecule has 0 radical (unpaired) electrons. The Kier molecular flexibility index (Phi) is 5.49. The Bertz CT molecular complexity index is 298. The average molecular weight is 225 g/mol. The third-order valence-corrected chi connectivity index (χ3v) is 2.79. The van der Waals surface area contributed by atoms with Gasteiger partial charge in [-0.3, -0.25) is 4.68 Å². The summed E-state index contributed by atoms with van der Waals surface area (Å²) >= 11 is 0. The van der Waals surface area contributed by atoms with Gasteiger partial charge < -0.3 is 10.4 Å². The zero-order valence-electron chi connectivity index (χ0n) is 10.5. The number of hydrogen-bond acceptors (Lipinski definition) is 3. The maximum absolute atomic E-state index is 9.36. The van der Waals surface area contributed by atoms with Gasteiger partial charge in [-0.1, -0.05) is 13.8 Å². The molecule has 4 nitrogen and oxygen atoms in total. The molecular weight excluding hydrogens is 202 g/mol. The Morgan fingerprint density at radius 3 is 2.81 bits per heavy atom.